The molecule has 0 spiro atoms. The van der Waals surface area contributed by atoms with E-state index in [1.54, 1.807) is 18.2 Å². The highest BCUT2D eigenvalue weighted by Gasteiger charge is 2.38. The van der Waals surface area contributed by atoms with Gasteiger partial charge in [0.2, 0.25) is 0 Å². The van der Waals surface area contributed by atoms with E-state index in [-0.39, 0.29) is 11.2 Å². The number of nitrogens with one attached hydrogen (secondary N) is 1. The Labute approximate surface area is 118 Å². The Kier molecular flexibility index (Phi) is 4.31. The smallest absolute Gasteiger partial charge is 0.171 e. The maximum atomic E-state index is 12.7. The zero-order chi connectivity index (χ0) is 13.2. The van der Waals surface area contributed by atoms with Crippen LogP contribution < -0.4 is 5.32 Å². The Hall–Kier alpha value is -0.570. The van der Waals surface area contributed by atoms with Gasteiger partial charge in [-0.1, -0.05) is 30.1 Å². The summed E-state index contributed by atoms with van der Waals surface area (Å²) in [5.74, 6) is 0.115. The molecule has 0 aliphatic carbocycles. The van der Waals surface area contributed by atoms with Gasteiger partial charge in [-0.05, 0) is 44.0 Å². The lowest BCUT2D eigenvalue weighted by Crippen LogP contribution is -2.45. The van der Waals surface area contributed by atoms with Gasteiger partial charge in [0.1, 0.15) is 0 Å². The second-order valence-electron chi connectivity index (χ2n) is 4.87. The minimum Gasteiger partial charge on any atom is -0.316 e. The van der Waals surface area contributed by atoms with Crippen LogP contribution in [0.4, 0.5) is 0 Å². The van der Waals surface area contributed by atoms with Crippen LogP contribution in [-0.2, 0) is 0 Å². The second kappa shape index (κ2) is 5.60. The van der Waals surface area contributed by atoms with Crippen LogP contribution >= 0.6 is 23.2 Å². The van der Waals surface area contributed by atoms with Crippen LogP contribution in [0.5, 0.6) is 0 Å². The molecular formula is C14H17Cl2NO. The van der Waals surface area contributed by atoms with Gasteiger partial charge in [-0.15, -0.1) is 0 Å². The molecule has 1 aromatic rings. The quantitative estimate of drug-likeness (QED) is 0.852. The zero-order valence-electron chi connectivity index (χ0n) is 10.4. The Balaban J connectivity index is 2.36. The van der Waals surface area contributed by atoms with Crippen LogP contribution in [0.25, 0.3) is 0 Å². The third kappa shape index (κ3) is 2.56. The first kappa shape index (κ1) is 13.9. The molecule has 1 aliphatic heterocycles. The number of piperidine rings is 1. The van der Waals surface area contributed by atoms with Crippen molar-refractivity contribution in [2.24, 2.45) is 5.41 Å². The molecule has 1 atom stereocenters. The summed E-state index contributed by atoms with van der Waals surface area (Å²) < 4.78 is 0. The summed E-state index contributed by atoms with van der Waals surface area (Å²) in [5.41, 5.74) is 0.224. The van der Waals surface area contributed by atoms with Crippen molar-refractivity contribution in [3.8, 4) is 0 Å². The van der Waals surface area contributed by atoms with Crippen molar-refractivity contribution in [2.75, 3.05) is 13.1 Å². The van der Waals surface area contributed by atoms with Crippen LogP contribution in [-0.4, -0.2) is 18.9 Å². The highest BCUT2D eigenvalue weighted by atomic mass is 35.5. The molecule has 1 aliphatic rings. The van der Waals surface area contributed by atoms with Crippen LogP contribution in [0, 0.1) is 5.41 Å². The third-order valence-corrected chi connectivity index (χ3v) is 4.37. The van der Waals surface area contributed by atoms with Crippen LogP contribution in [0.15, 0.2) is 18.2 Å². The van der Waals surface area contributed by atoms with E-state index in [1.807, 2.05) is 0 Å². The minimum atomic E-state index is -0.327. The normalized spacial score (nSPS) is 23.9. The molecule has 1 N–H and O–H groups in total. The van der Waals surface area contributed by atoms with Gasteiger partial charge >= 0.3 is 0 Å². The van der Waals surface area contributed by atoms with E-state index in [4.69, 9.17) is 23.2 Å². The number of rotatable bonds is 3. The molecule has 4 heteroatoms. The van der Waals surface area contributed by atoms with Gasteiger partial charge in [0.15, 0.2) is 5.78 Å². The van der Waals surface area contributed by atoms with Crippen molar-refractivity contribution in [1.29, 1.82) is 0 Å². The van der Waals surface area contributed by atoms with E-state index in [0.29, 0.717) is 15.6 Å². The maximum absolute atomic E-state index is 12.7. The van der Waals surface area contributed by atoms with Crippen molar-refractivity contribution in [1.82, 2.24) is 5.32 Å². The SMILES string of the molecule is CCC1(C(=O)c2cc(Cl)ccc2Cl)CCCNC1. The molecule has 1 saturated heterocycles. The number of benzene rings is 1. The van der Waals surface area contributed by atoms with E-state index in [0.717, 1.165) is 32.4 Å². The summed E-state index contributed by atoms with van der Waals surface area (Å²) in [6, 6.07) is 5.08. The van der Waals surface area contributed by atoms with Crippen molar-refractivity contribution < 1.29 is 4.79 Å². The fourth-order valence-corrected chi connectivity index (χ4v) is 2.96. The molecule has 1 fully saturated rings. The summed E-state index contributed by atoms with van der Waals surface area (Å²) in [7, 11) is 0. The predicted octanol–water partition coefficient (Wildman–Crippen LogP) is 3.96. The van der Waals surface area contributed by atoms with Crippen molar-refractivity contribution >= 4 is 29.0 Å². The average molecular weight is 286 g/mol. The van der Waals surface area contributed by atoms with Gasteiger partial charge in [-0.25, -0.2) is 0 Å². The van der Waals surface area contributed by atoms with E-state index < -0.39 is 0 Å². The monoisotopic (exact) mass is 285 g/mol. The Morgan fingerprint density at radius 2 is 2.22 bits per heavy atom. The maximum Gasteiger partial charge on any atom is 0.171 e. The Morgan fingerprint density at radius 1 is 1.44 bits per heavy atom. The molecule has 1 aromatic carbocycles. The molecule has 0 saturated carbocycles. The molecule has 18 heavy (non-hydrogen) atoms. The molecule has 0 aromatic heterocycles. The molecule has 2 nitrogen and oxygen atoms in total. The summed E-state index contributed by atoms with van der Waals surface area (Å²) in [5, 5.41) is 4.36. The summed E-state index contributed by atoms with van der Waals surface area (Å²) in [6.45, 7) is 3.77. The first-order valence-corrected chi connectivity index (χ1v) is 7.05. The van der Waals surface area contributed by atoms with E-state index in [2.05, 4.69) is 12.2 Å². The van der Waals surface area contributed by atoms with Gasteiger partial charge < -0.3 is 5.32 Å². The van der Waals surface area contributed by atoms with Crippen LogP contribution in [0.1, 0.15) is 36.5 Å². The molecule has 0 amide bonds. The van der Waals surface area contributed by atoms with Crippen molar-refractivity contribution in [2.45, 2.75) is 26.2 Å². The number of hydrogen-bond acceptors (Lipinski definition) is 2. The van der Waals surface area contributed by atoms with Crippen molar-refractivity contribution in [3.63, 3.8) is 0 Å². The summed E-state index contributed by atoms with van der Waals surface area (Å²) in [6.07, 6.45) is 2.76. The molecule has 1 heterocycles. The highest BCUT2D eigenvalue weighted by Crippen LogP contribution is 2.36. The number of halogens is 2. The second-order valence-corrected chi connectivity index (χ2v) is 5.71. The molecule has 98 valence electrons. The molecule has 0 bridgehead atoms. The fraction of sp³-hybridized carbons (Fsp3) is 0.500. The largest absolute Gasteiger partial charge is 0.316 e. The summed E-state index contributed by atoms with van der Waals surface area (Å²) >= 11 is 12.1. The number of Topliss-reactive ketones (excluding diaryl/α,β-unsaturated/α-hetero) is 1. The minimum absolute atomic E-state index is 0.115. The van der Waals surface area contributed by atoms with E-state index >= 15 is 0 Å². The topological polar surface area (TPSA) is 29.1 Å². The number of carbonyl (C=O) groups is 1. The van der Waals surface area contributed by atoms with Crippen LogP contribution in [0.3, 0.4) is 0 Å². The highest BCUT2D eigenvalue weighted by molar-refractivity contribution is 6.36. The first-order chi connectivity index (χ1) is 8.59. The lowest BCUT2D eigenvalue weighted by atomic mass is 9.73. The van der Waals surface area contributed by atoms with Gasteiger partial charge in [-0.2, -0.15) is 0 Å². The molecule has 2 rings (SSSR count). The molecular weight excluding hydrogens is 269 g/mol. The third-order valence-electron chi connectivity index (χ3n) is 3.80. The molecule has 0 radical (unpaired) electrons. The van der Waals surface area contributed by atoms with Crippen LogP contribution in [0.2, 0.25) is 10.0 Å². The lowest BCUT2D eigenvalue weighted by Gasteiger charge is -2.35. The Bertz CT molecular complexity index is 453. The first-order valence-electron chi connectivity index (χ1n) is 6.29. The van der Waals surface area contributed by atoms with Gasteiger partial charge in [-0.3, -0.25) is 4.79 Å². The average Bonchev–Trinajstić information content (AvgIpc) is 2.41. The van der Waals surface area contributed by atoms with Gasteiger partial charge in [0.25, 0.3) is 0 Å². The Morgan fingerprint density at radius 3 is 2.83 bits per heavy atom. The molecule has 1 unspecified atom stereocenters. The zero-order valence-corrected chi connectivity index (χ0v) is 11.9. The summed E-state index contributed by atoms with van der Waals surface area (Å²) in [4.78, 5) is 12.7. The number of hydrogen-bond donors (Lipinski definition) is 1. The standard InChI is InChI=1S/C14H17Cl2NO/c1-2-14(6-3-7-17-9-14)13(18)11-8-10(15)4-5-12(11)16/h4-5,8,17H,2-3,6-7,9H2,1H3. The predicted molar refractivity (Wildman–Crippen MR) is 75.6 cm³/mol. The number of carbonyl (C=O) groups excluding carboxylic acids is 1. The lowest BCUT2D eigenvalue weighted by molar-refractivity contribution is 0.0731. The fourth-order valence-electron chi connectivity index (χ4n) is 2.58. The van der Waals surface area contributed by atoms with Crippen molar-refractivity contribution in [3.05, 3.63) is 33.8 Å². The van der Waals surface area contributed by atoms with E-state index in [9.17, 15) is 4.79 Å². The van der Waals surface area contributed by atoms with Gasteiger partial charge in [0.05, 0.1) is 5.02 Å². The number of ketones is 1. The van der Waals surface area contributed by atoms with Gasteiger partial charge in [0, 0.05) is 22.5 Å². The van der Waals surface area contributed by atoms with E-state index in [1.165, 1.54) is 0 Å².